The summed E-state index contributed by atoms with van der Waals surface area (Å²) >= 11 is 0. The Bertz CT molecular complexity index is 367. The molecule has 1 aromatic carbocycles. The molecule has 0 radical (unpaired) electrons. The molecule has 0 aliphatic rings. The second kappa shape index (κ2) is 4.78. The van der Waals surface area contributed by atoms with Crippen molar-refractivity contribution in [3.63, 3.8) is 0 Å². The number of allylic oxidation sites excluding steroid dienone is 1. The fraction of sp³-hybridized carbons (Fsp3) is 0.308. The van der Waals surface area contributed by atoms with Gasteiger partial charge in [-0.25, -0.2) is 0 Å². The van der Waals surface area contributed by atoms with E-state index in [1.54, 1.807) is 30.3 Å². The van der Waals surface area contributed by atoms with Gasteiger partial charge in [-0.3, -0.25) is 4.79 Å². The van der Waals surface area contributed by atoms with Crippen molar-refractivity contribution < 1.29 is 9.90 Å². The number of phenolic OH excluding ortho intramolecular Hbond substituents is 1. The van der Waals surface area contributed by atoms with E-state index in [1.807, 2.05) is 13.8 Å². The number of aromatic hydroxyl groups is 1. The average molecular weight is 204 g/mol. The summed E-state index contributed by atoms with van der Waals surface area (Å²) in [4.78, 5) is 11.8. The monoisotopic (exact) mass is 204 g/mol. The van der Waals surface area contributed by atoms with E-state index in [0.717, 1.165) is 0 Å². The number of benzene rings is 1. The molecule has 0 heterocycles. The molecule has 0 bridgehead atoms. The Morgan fingerprint density at radius 3 is 2.47 bits per heavy atom. The molecule has 1 aromatic rings. The van der Waals surface area contributed by atoms with Crippen LogP contribution in [0.3, 0.4) is 0 Å². The predicted octanol–water partition coefficient (Wildman–Crippen LogP) is 2.89. The minimum atomic E-state index is -0.411. The number of rotatable bonds is 4. The van der Waals surface area contributed by atoms with Gasteiger partial charge in [-0.15, -0.1) is 6.58 Å². The van der Waals surface area contributed by atoms with Gasteiger partial charge in [0.1, 0.15) is 11.5 Å². The molecule has 0 aromatic heterocycles. The smallest absolute Gasteiger partial charge is 0.146 e. The Labute approximate surface area is 90.3 Å². The summed E-state index contributed by atoms with van der Waals surface area (Å²) in [6, 6.07) is 6.87. The summed E-state index contributed by atoms with van der Waals surface area (Å²) in [7, 11) is 0. The van der Waals surface area contributed by atoms with Crippen LogP contribution in [0.5, 0.6) is 5.75 Å². The normalized spacial score (nSPS) is 12.5. The maximum absolute atomic E-state index is 11.8. The van der Waals surface area contributed by atoms with Gasteiger partial charge >= 0.3 is 0 Å². The van der Waals surface area contributed by atoms with Crippen molar-refractivity contribution in [3.05, 3.63) is 42.5 Å². The predicted molar refractivity (Wildman–Crippen MR) is 60.9 cm³/mol. The summed E-state index contributed by atoms with van der Waals surface area (Å²) in [5.74, 6) is -0.248. The number of hydrogen-bond donors (Lipinski definition) is 1. The molecule has 1 N–H and O–H groups in total. The lowest BCUT2D eigenvalue weighted by atomic mass is 9.88. The minimum absolute atomic E-state index is 0.0624. The van der Waals surface area contributed by atoms with Crippen molar-refractivity contribution in [2.75, 3.05) is 0 Å². The maximum Gasteiger partial charge on any atom is 0.146 e. The maximum atomic E-state index is 11.8. The first-order chi connectivity index (χ1) is 7.07. The molecule has 2 heteroatoms. The van der Waals surface area contributed by atoms with Crippen LogP contribution in [0.25, 0.3) is 0 Å². The van der Waals surface area contributed by atoms with Gasteiger partial charge in [-0.05, 0) is 6.07 Å². The molecule has 0 spiro atoms. The van der Waals surface area contributed by atoms with Crippen LogP contribution in [0.1, 0.15) is 25.3 Å². The summed E-state index contributed by atoms with van der Waals surface area (Å²) in [6.07, 6.45) is 1.58. The van der Waals surface area contributed by atoms with E-state index in [1.165, 1.54) is 0 Å². The number of para-hydroxylation sites is 1. The summed E-state index contributed by atoms with van der Waals surface area (Å²) in [5.41, 5.74) is 0.631. The molecule has 1 rings (SSSR count). The van der Waals surface area contributed by atoms with Crippen LogP contribution in [0.2, 0.25) is 0 Å². The fourth-order valence-corrected chi connectivity index (χ4v) is 1.51. The third-order valence-electron chi connectivity index (χ3n) is 2.38. The zero-order valence-corrected chi connectivity index (χ0v) is 9.10. The van der Waals surface area contributed by atoms with E-state index in [-0.39, 0.29) is 17.5 Å². The third kappa shape index (κ3) is 2.46. The molecule has 0 fully saturated rings. The van der Waals surface area contributed by atoms with Crippen molar-refractivity contribution >= 4 is 5.78 Å². The number of hydrogen-bond acceptors (Lipinski definition) is 2. The van der Waals surface area contributed by atoms with Gasteiger partial charge in [0.25, 0.3) is 0 Å². The van der Waals surface area contributed by atoms with Gasteiger partial charge in [0.2, 0.25) is 0 Å². The van der Waals surface area contributed by atoms with E-state index in [4.69, 9.17) is 0 Å². The van der Waals surface area contributed by atoms with Gasteiger partial charge in [-0.2, -0.15) is 0 Å². The highest BCUT2D eigenvalue weighted by Gasteiger charge is 2.21. The van der Waals surface area contributed by atoms with Gasteiger partial charge in [0.05, 0.1) is 5.92 Å². The lowest BCUT2D eigenvalue weighted by molar-refractivity contribution is -0.122. The van der Waals surface area contributed by atoms with Crippen LogP contribution >= 0.6 is 0 Å². The van der Waals surface area contributed by atoms with Gasteiger partial charge in [-0.1, -0.05) is 38.1 Å². The van der Waals surface area contributed by atoms with Crippen LogP contribution < -0.4 is 0 Å². The Morgan fingerprint density at radius 1 is 1.40 bits per heavy atom. The highest BCUT2D eigenvalue weighted by molar-refractivity contribution is 5.89. The first kappa shape index (κ1) is 11.5. The molecule has 80 valence electrons. The van der Waals surface area contributed by atoms with E-state index < -0.39 is 5.92 Å². The van der Waals surface area contributed by atoms with Gasteiger partial charge in [0.15, 0.2) is 0 Å². The molecule has 1 unspecified atom stereocenters. The van der Waals surface area contributed by atoms with Gasteiger partial charge < -0.3 is 5.11 Å². The quantitative estimate of drug-likeness (QED) is 0.766. The highest BCUT2D eigenvalue weighted by atomic mass is 16.3. The van der Waals surface area contributed by atoms with Gasteiger partial charge in [0, 0.05) is 11.5 Å². The van der Waals surface area contributed by atoms with Crippen molar-refractivity contribution in [2.45, 2.75) is 19.8 Å². The number of carbonyl (C=O) groups is 1. The molecule has 0 amide bonds. The molecule has 0 saturated heterocycles. The number of carbonyl (C=O) groups excluding carboxylic acids is 1. The van der Waals surface area contributed by atoms with Crippen LogP contribution in [0, 0.1) is 5.92 Å². The minimum Gasteiger partial charge on any atom is -0.508 e. The fourth-order valence-electron chi connectivity index (χ4n) is 1.51. The Kier molecular flexibility index (Phi) is 3.67. The van der Waals surface area contributed by atoms with Crippen molar-refractivity contribution in [2.24, 2.45) is 5.92 Å². The first-order valence-electron chi connectivity index (χ1n) is 5.02. The number of ketones is 1. The SMILES string of the molecule is C=CC(C(=O)C(C)C)c1ccccc1O. The lowest BCUT2D eigenvalue weighted by Gasteiger charge is -2.15. The summed E-state index contributed by atoms with van der Waals surface area (Å²) in [5, 5.41) is 9.64. The van der Waals surface area contributed by atoms with E-state index in [0.29, 0.717) is 5.56 Å². The zero-order chi connectivity index (χ0) is 11.4. The summed E-state index contributed by atoms with van der Waals surface area (Å²) in [6.45, 7) is 7.34. The molecule has 2 nitrogen and oxygen atoms in total. The second-order valence-corrected chi connectivity index (χ2v) is 3.83. The number of phenols is 1. The van der Waals surface area contributed by atoms with E-state index in [9.17, 15) is 9.90 Å². The largest absolute Gasteiger partial charge is 0.508 e. The second-order valence-electron chi connectivity index (χ2n) is 3.83. The molecule has 15 heavy (non-hydrogen) atoms. The molecular weight excluding hydrogens is 188 g/mol. The standard InChI is InChI=1S/C13H16O2/c1-4-10(13(15)9(2)3)11-7-5-6-8-12(11)14/h4-10,14H,1H2,2-3H3. The summed E-state index contributed by atoms with van der Waals surface area (Å²) < 4.78 is 0. The van der Waals surface area contributed by atoms with Crippen molar-refractivity contribution in [1.29, 1.82) is 0 Å². The Balaban J connectivity index is 3.08. The van der Waals surface area contributed by atoms with Crippen LogP contribution in [-0.4, -0.2) is 10.9 Å². The highest BCUT2D eigenvalue weighted by Crippen LogP contribution is 2.28. The molecule has 0 aliphatic carbocycles. The lowest BCUT2D eigenvalue weighted by Crippen LogP contribution is -2.16. The van der Waals surface area contributed by atoms with Crippen molar-refractivity contribution in [1.82, 2.24) is 0 Å². The topological polar surface area (TPSA) is 37.3 Å². The Morgan fingerprint density at radius 2 is 2.00 bits per heavy atom. The van der Waals surface area contributed by atoms with Crippen LogP contribution in [0.4, 0.5) is 0 Å². The van der Waals surface area contributed by atoms with E-state index >= 15 is 0 Å². The zero-order valence-electron chi connectivity index (χ0n) is 9.10. The Hall–Kier alpha value is -1.57. The van der Waals surface area contributed by atoms with Crippen LogP contribution in [0.15, 0.2) is 36.9 Å². The molecule has 1 atom stereocenters. The van der Waals surface area contributed by atoms with Crippen LogP contribution in [-0.2, 0) is 4.79 Å². The third-order valence-corrected chi connectivity index (χ3v) is 2.38. The molecular formula is C13H16O2. The number of Topliss-reactive ketones (excluding diaryl/α,β-unsaturated/α-hetero) is 1. The van der Waals surface area contributed by atoms with E-state index in [2.05, 4.69) is 6.58 Å². The molecule has 0 aliphatic heterocycles. The molecule has 0 saturated carbocycles. The first-order valence-corrected chi connectivity index (χ1v) is 5.02. The van der Waals surface area contributed by atoms with Crippen molar-refractivity contribution in [3.8, 4) is 5.75 Å². The average Bonchev–Trinajstić information content (AvgIpc) is 2.21.